The van der Waals surface area contributed by atoms with Crippen LogP contribution in [0, 0.1) is 11.6 Å². The van der Waals surface area contributed by atoms with Crippen molar-refractivity contribution < 1.29 is 18.3 Å². The number of hydrogen-bond donors (Lipinski definition) is 1. The molecule has 128 valence electrons. The van der Waals surface area contributed by atoms with Crippen LogP contribution >= 0.6 is 11.3 Å². The fourth-order valence-corrected chi connectivity index (χ4v) is 2.77. The topological polar surface area (TPSA) is 64.1 Å². The van der Waals surface area contributed by atoms with Crippen LogP contribution in [0.2, 0.25) is 0 Å². The molecular weight excluding hydrogens is 348 g/mol. The van der Waals surface area contributed by atoms with E-state index in [1.54, 1.807) is 25.1 Å². The summed E-state index contributed by atoms with van der Waals surface area (Å²) in [5.74, 6) is -0.877. The van der Waals surface area contributed by atoms with Crippen LogP contribution in [0.1, 0.15) is 6.92 Å². The second-order valence-electron chi connectivity index (χ2n) is 5.10. The highest BCUT2D eigenvalue weighted by Crippen LogP contribution is 2.28. The number of nitrogens with zero attached hydrogens (tertiary/aromatic N) is 2. The van der Waals surface area contributed by atoms with E-state index in [-0.39, 0.29) is 10.9 Å². The van der Waals surface area contributed by atoms with Crippen LogP contribution in [0.25, 0.3) is 10.6 Å². The maximum atomic E-state index is 13.8. The van der Waals surface area contributed by atoms with Gasteiger partial charge >= 0.3 is 0 Å². The zero-order chi connectivity index (χ0) is 17.8. The van der Waals surface area contributed by atoms with Crippen molar-refractivity contribution in [2.75, 3.05) is 5.32 Å². The number of hydrogen-bond acceptors (Lipinski definition) is 5. The second kappa shape index (κ2) is 7.35. The number of aromatic nitrogens is 2. The van der Waals surface area contributed by atoms with Crippen LogP contribution in [0.4, 0.5) is 13.9 Å². The van der Waals surface area contributed by atoms with Crippen LogP contribution in [0.3, 0.4) is 0 Å². The Morgan fingerprint density at radius 1 is 1.12 bits per heavy atom. The normalized spacial score (nSPS) is 11.8. The molecule has 0 saturated carbocycles. The molecule has 0 aliphatic carbocycles. The summed E-state index contributed by atoms with van der Waals surface area (Å²) in [5.41, 5.74) is 0.316. The standard InChI is InChI=1S/C17H13F2N3O2S/c1-10(24-12-8-6-11(18)7-9-12)15(23)20-17-22-21-16(25-17)13-4-2-3-5-14(13)19/h2-10H,1H3,(H,20,22,23). The van der Waals surface area contributed by atoms with Crippen LogP contribution in [0.15, 0.2) is 48.5 Å². The van der Waals surface area contributed by atoms with Gasteiger partial charge in [-0.15, -0.1) is 10.2 Å². The molecule has 0 saturated heterocycles. The summed E-state index contributed by atoms with van der Waals surface area (Å²) in [6.45, 7) is 1.55. The third-order valence-corrected chi connectivity index (χ3v) is 4.13. The first-order valence-electron chi connectivity index (χ1n) is 7.34. The number of nitrogens with one attached hydrogen (secondary N) is 1. The third kappa shape index (κ3) is 4.16. The van der Waals surface area contributed by atoms with Gasteiger partial charge in [0, 0.05) is 5.56 Å². The van der Waals surface area contributed by atoms with Crippen molar-refractivity contribution in [2.24, 2.45) is 0 Å². The smallest absolute Gasteiger partial charge is 0.266 e. The number of anilines is 1. The first-order chi connectivity index (χ1) is 12.0. The van der Waals surface area contributed by atoms with Crippen molar-refractivity contribution in [3.8, 4) is 16.3 Å². The molecule has 25 heavy (non-hydrogen) atoms. The van der Waals surface area contributed by atoms with Gasteiger partial charge in [-0.1, -0.05) is 23.5 Å². The summed E-state index contributed by atoms with van der Waals surface area (Å²) < 4.78 is 32.0. The molecule has 0 bridgehead atoms. The van der Waals surface area contributed by atoms with Crippen molar-refractivity contribution in [1.82, 2.24) is 10.2 Å². The third-order valence-electron chi connectivity index (χ3n) is 3.26. The van der Waals surface area contributed by atoms with Gasteiger partial charge in [0.2, 0.25) is 5.13 Å². The highest BCUT2D eigenvalue weighted by molar-refractivity contribution is 7.18. The van der Waals surface area contributed by atoms with Crippen LogP contribution in [-0.4, -0.2) is 22.2 Å². The summed E-state index contributed by atoms with van der Waals surface area (Å²) in [6.07, 6.45) is -0.828. The van der Waals surface area contributed by atoms with E-state index in [1.807, 2.05) is 0 Å². The van der Waals surface area contributed by atoms with Gasteiger partial charge in [0.25, 0.3) is 5.91 Å². The number of halogens is 2. The lowest BCUT2D eigenvalue weighted by Crippen LogP contribution is -2.30. The van der Waals surface area contributed by atoms with Gasteiger partial charge in [-0.3, -0.25) is 10.1 Å². The van der Waals surface area contributed by atoms with Gasteiger partial charge in [-0.25, -0.2) is 8.78 Å². The van der Waals surface area contributed by atoms with Crippen molar-refractivity contribution >= 4 is 22.4 Å². The van der Waals surface area contributed by atoms with Crippen LogP contribution < -0.4 is 10.1 Å². The SMILES string of the molecule is CC(Oc1ccc(F)cc1)C(=O)Nc1nnc(-c2ccccc2F)s1. The zero-order valence-electron chi connectivity index (χ0n) is 13.1. The Kier molecular flexibility index (Phi) is 4.99. The van der Waals surface area contributed by atoms with E-state index in [0.29, 0.717) is 16.3 Å². The van der Waals surface area contributed by atoms with Gasteiger partial charge in [0.1, 0.15) is 17.4 Å². The highest BCUT2D eigenvalue weighted by Gasteiger charge is 2.18. The van der Waals surface area contributed by atoms with Gasteiger partial charge in [-0.05, 0) is 43.3 Å². The molecule has 0 spiro atoms. The van der Waals surface area contributed by atoms with Gasteiger partial charge in [0.05, 0.1) is 0 Å². The predicted molar refractivity (Wildman–Crippen MR) is 90.4 cm³/mol. The second-order valence-corrected chi connectivity index (χ2v) is 6.07. The molecule has 1 unspecified atom stereocenters. The van der Waals surface area contributed by atoms with Crippen molar-refractivity contribution in [3.63, 3.8) is 0 Å². The number of benzene rings is 2. The lowest BCUT2D eigenvalue weighted by atomic mass is 10.2. The van der Waals surface area contributed by atoms with Gasteiger partial charge in [-0.2, -0.15) is 0 Å². The monoisotopic (exact) mass is 361 g/mol. The number of carbonyl (C=O) groups is 1. The zero-order valence-corrected chi connectivity index (χ0v) is 13.9. The average Bonchev–Trinajstić information content (AvgIpc) is 3.05. The maximum Gasteiger partial charge on any atom is 0.266 e. The van der Waals surface area contributed by atoms with E-state index >= 15 is 0 Å². The Morgan fingerprint density at radius 2 is 1.84 bits per heavy atom. The molecular formula is C17H13F2N3O2S. The molecule has 8 heteroatoms. The molecule has 0 radical (unpaired) electrons. The lowest BCUT2D eigenvalue weighted by molar-refractivity contribution is -0.122. The van der Waals surface area contributed by atoms with E-state index < -0.39 is 17.8 Å². The predicted octanol–water partition coefficient (Wildman–Crippen LogP) is 3.89. The largest absolute Gasteiger partial charge is 0.481 e. The summed E-state index contributed by atoms with van der Waals surface area (Å²) in [7, 11) is 0. The average molecular weight is 361 g/mol. The van der Waals surface area contributed by atoms with Crippen molar-refractivity contribution in [3.05, 3.63) is 60.2 Å². The molecule has 1 heterocycles. The van der Waals surface area contributed by atoms with E-state index in [0.717, 1.165) is 11.3 Å². The Bertz CT molecular complexity index is 884. The molecule has 1 atom stereocenters. The molecule has 3 rings (SSSR count). The van der Waals surface area contributed by atoms with Crippen LogP contribution in [-0.2, 0) is 4.79 Å². The minimum atomic E-state index is -0.828. The minimum absolute atomic E-state index is 0.234. The molecule has 1 N–H and O–H groups in total. The van der Waals surface area contributed by atoms with Crippen molar-refractivity contribution in [2.45, 2.75) is 13.0 Å². The molecule has 0 fully saturated rings. The molecule has 5 nitrogen and oxygen atoms in total. The summed E-state index contributed by atoms with van der Waals surface area (Å²) in [6, 6.07) is 11.5. The number of rotatable bonds is 5. The molecule has 1 aromatic heterocycles. The minimum Gasteiger partial charge on any atom is -0.481 e. The fourth-order valence-electron chi connectivity index (χ4n) is 2.00. The summed E-state index contributed by atoms with van der Waals surface area (Å²) in [5, 5.41) is 10.9. The van der Waals surface area contributed by atoms with Crippen molar-refractivity contribution in [1.29, 1.82) is 0 Å². The Balaban J connectivity index is 1.65. The quantitative estimate of drug-likeness (QED) is 0.749. The summed E-state index contributed by atoms with van der Waals surface area (Å²) >= 11 is 1.05. The first kappa shape index (κ1) is 17.0. The van der Waals surface area contributed by atoms with Gasteiger partial charge in [0.15, 0.2) is 11.1 Å². The van der Waals surface area contributed by atoms with E-state index in [2.05, 4.69) is 15.5 Å². The molecule has 0 aliphatic rings. The molecule has 0 aliphatic heterocycles. The van der Waals surface area contributed by atoms with E-state index in [1.165, 1.54) is 30.3 Å². The lowest BCUT2D eigenvalue weighted by Gasteiger charge is -2.13. The van der Waals surface area contributed by atoms with E-state index in [9.17, 15) is 13.6 Å². The van der Waals surface area contributed by atoms with Crippen LogP contribution in [0.5, 0.6) is 5.75 Å². The van der Waals surface area contributed by atoms with Gasteiger partial charge < -0.3 is 4.74 Å². The number of ether oxygens (including phenoxy) is 1. The Labute approximate surface area is 146 Å². The summed E-state index contributed by atoms with van der Waals surface area (Å²) in [4.78, 5) is 12.2. The fraction of sp³-hybridized carbons (Fsp3) is 0.118. The molecule has 2 aromatic carbocycles. The molecule has 1 amide bonds. The maximum absolute atomic E-state index is 13.8. The first-order valence-corrected chi connectivity index (χ1v) is 8.16. The van der Waals surface area contributed by atoms with E-state index in [4.69, 9.17) is 4.74 Å². The Morgan fingerprint density at radius 3 is 2.56 bits per heavy atom. The number of carbonyl (C=O) groups excluding carboxylic acids is 1. The number of amides is 1. The highest BCUT2D eigenvalue weighted by atomic mass is 32.1. The Hall–Kier alpha value is -2.87. The molecule has 3 aromatic rings.